The predicted molar refractivity (Wildman–Crippen MR) is 95.1 cm³/mol. The molecule has 5 heteroatoms. The lowest BCUT2D eigenvalue weighted by atomic mass is 10.1. The van der Waals surface area contributed by atoms with Crippen molar-refractivity contribution in [3.63, 3.8) is 0 Å². The van der Waals surface area contributed by atoms with Gasteiger partial charge in [0.2, 0.25) is 0 Å². The van der Waals surface area contributed by atoms with Gasteiger partial charge in [0, 0.05) is 17.3 Å². The molecule has 0 unspecified atom stereocenters. The summed E-state index contributed by atoms with van der Waals surface area (Å²) in [6.45, 7) is 9.64. The second-order valence-corrected chi connectivity index (χ2v) is 5.44. The minimum Gasteiger partial charge on any atom is -0.459 e. The third-order valence-corrected chi connectivity index (χ3v) is 3.30. The Labute approximate surface area is 142 Å². The van der Waals surface area contributed by atoms with E-state index in [0.717, 1.165) is 22.5 Å². The molecule has 0 amide bonds. The number of aromatic nitrogens is 3. The highest BCUT2D eigenvalue weighted by Gasteiger charge is 2.10. The van der Waals surface area contributed by atoms with Crippen LogP contribution in [-0.2, 0) is 4.74 Å². The number of hydrogen-bond donors (Lipinski definition) is 0. The van der Waals surface area contributed by atoms with Gasteiger partial charge in [0.25, 0.3) is 0 Å². The standard InChI is InChI=1S/C17H17N3O2.C2H6/c1-11(2)22-17(21)14-6-4-13(5-7-14)15-8-9-20-16(19-15)12(3)10-18-20;1-2/h4-11H,1-3H3;1-2H3. The first-order valence-electron chi connectivity index (χ1n) is 8.17. The minimum atomic E-state index is -0.309. The first-order chi connectivity index (χ1) is 11.5. The van der Waals surface area contributed by atoms with Crippen molar-refractivity contribution in [3.8, 4) is 11.3 Å². The number of aryl methyl sites for hydroxylation is 1. The van der Waals surface area contributed by atoms with Crippen molar-refractivity contribution in [2.24, 2.45) is 0 Å². The predicted octanol–water partition coefficient (Wildman–Crippen LogP) is 4.30. The van der Waals surface area contributed by atoms with Crippen LogP contribution < -0.4 is 0 Å². The molecule has 0 bridgehead atoms. The Morgan fingerprint density at radius 3 is 2.42 bits per heavy atom. The number of ether oxygens (including phenoxy) is 1. The highest BCUT2D eigenvalue weighted by Crippen LogP contribution is 2.19. The van der Waals surface area contributed by atoms with E-state index in [0.29, 0.717) is 5.56 Å². The van der Waals surface area contributed by atoms with Crippen molar-refractivity contribution >= 4 is 11.6 Å². The summed E-state index contributed by atoms with van der Waals surface area (Å²) in [5, 5.41) is 4.21. The van der Waals surface area contributed by atoms with Gasteiger partial charge in [-0.15, -0.1) is 0 Å². The third kappa shape index (κ3) is 3.79. The molecule has 0 aliphatic heterocycles. The van der Waals surface area contributed by atoms with E-state index in [4.69, 9.17) is 4.74 Å². The maximum Gasteiger partial charge on any atom is 0.338 e. The Hall–Kier alpha value is -2.69. The molecule has 2 aromatic heterocycles. The SMILES string of the molecule is CC.Cc1cnn2ccc(-c3ccc(C(=O)OC(C)C)cc3)nc12. The molecule has 24 heavy (non-hydrogen) atoms. The number of nitrogens with zero attached hydrogens (tertiary/aromatic N) is 3. The number of esters is 1. The summed E-state index contributed by atoms with van der Waals surface area (Å²) >= 11 is 0. The Balaban J connectivity index is 0.00000100. The fourth-order valence-electron chi connectivity index (χ4n) is 2.20. The van der Waals surface area contributed by atoms with Crippen molar-refractivity contribution in [2.45, 2.75) is 40.7 Å². The molecular weight excluding hydrogens is 302 g/mol. The number of fused-ring (bicyclic) bond motifs is 1. The maximum absolute atomic E-state index is 11.8. The van der Waals surface area contributed by atoms with E-state index >= 15 is 0 Å². The molecule has 1 aromatic carbocycles. The van der Waals surface area contributed by atoms with Crippen LogP contribution in [0.3, 0.4) is 0 Å². The topological polar surface area (TPSA) is 56.5 Å². The first-order valence-corrected chi connectivity index (χ1v) is 8.17. The summed E-state index contributed by atoms with van der Waals surface area (Å²) in [6.07, 6.45) is 3.55. The van der Waals surface area contributed by atoms with E-state index in [1.807, 2.05) is 59.0 Å². The number of carbonyl (C=O) groups is 1. The van der Waals surface area contributed by atoms with E-state index in [1.54, 1.807) is 22.8 Å². The van der Waals surface area contributed by atoms with Gasteiger partial charge in [-0.05, 0) is 39.0 Å². The van der Waals surface area contributed by atoms with Gasteiger partial charge in [0.15, 0.2) is 5.65 Å². The quantitative estimate of drug-likeness (QED) is 0.674. The summed E-state index contributed by atoms with van der Waals surface area (Å²) in [7, 11) is 0. The second-order valence-electron chi connectivity index (χ2n) is 5.44. The molecule has 0 radical (unpaired) electrons. The lowest BCUT2D eigenvalue weighted by molar-refractivity contribution is 0.0378. The van der Waals surface area contributed by atoms with Crippen molar-refractivity contribution in [3.05, 3.63) is 53.9 Å². The first kappa shape index (κ1) is 17.7. The van der Waals surface area contributed by atoms with Gasteiger partial charge in [-0.1, -0.05) is 26.0 Å². The lowest BCUT2D eigenvalue weighted by Gasteiger charge is -2.08. The van der Waals surface area contributed by atoms with Crippen molar-refractivity contribution in [1.82, 2.24) is 14.6 Å². The largest absolute Gasteiger partial charge is 0.459 e. The minimum absolute atomic E-state index is 0.124. The van der Waals surface area contributed by atoms with Crippen LogP contribution in [0.25, 0.3) is 16.9 Å². The highest BCUT2D eigenvalue weighted by molar-refractivity contribution is 5.90. The molecule has 0 saturated heterocycles. The number of benzene rings is 1. The van der Waals surface area contributed by atoms with Gasteiger partial charge < -0.3 is 4.74 Å². The van der Waals surface area contributed by atoms with Gasteiger partial charge in [0.05, 0.1) is 23.6 Å². The summed E-state index contributed by atoms with van der Waals surface area (Å²) in [5.74, 6) is -0.309. The fraction of sp³-hybridized carbons (Fsp3) is 0.316. The summed E-state index contributed by atoms with van der Waals surface area (Å²) in [6, 6.07) is 9.17. The maximum atomic E-state index is 11.8. The molecule has 0 atom stereocenters. The zero-order valence-corrected chi connectivity index (χ0v) is 14.8. The number of carbonyl (C=O) groups excluding carboxylic acids is 1. The van der Waals surface area contributed by atoms with Gasteiger partial charge >= 0.3 is 5.97 Å². The average molecular weight is 325 g/mol. The summed E-state index contributed by atoms with van der Waals surface area (Å²) in [4.78, 5) is 16.5. The third-order valence-electron chi connectivity index (χ3n) is 3.30. The van der Waals surface area contributed by atoms with E-state index < -0.39 is 0 Å². The monoisotopic (exact) mass is 325 g/mol. The summed E-state index contributed by atoms with van der Waals surface area (Å²) < 4.78 is 6.92. The smallest absolute Gasteiger partial charge is 0.338 e. The zero-order valence-electron chi connectivity index (χ0n) is 14.8. The van der Waals surface area contributed by atoms with Crippen LogP contribution in [0.2, 0.25) is 0 Å². The molecule has 3 rings (SSSR count). The normalized spacial score (nSPS) is 10.4. The zero-order chi connectivity index (χ0) is 17.7. The Morgan fingerprint density at radius 1 is 1.12 bits per heavy atom. The Kier molecular flexibility index (Phi) is 5.68. The molecule has 0 aliphatic carbocycles. The van der Waals surface area contributed by atoms with Gasteiger partial charge in [-0.2, -0.15) is 5.10 Å². The molecule has 3 aromatic rings. The van der Waals surface area contributed by atoms with Crippen molar-refractivity contribution < 1.29 is 9.53 Å². The van der Waals surface area contributed by atoms with Crippen LogP contribution in [0.15, 0.2) is 42.7 Å². The van der Waals surface area contributed by atoms with Gasteiger partial charge in [-0.25, -0.2) is 14.3 Å². The van der Waals surface area contributed by atoms with Crippen LogP contribution >= 0.6 is 0 Å². The molecule has 0 spiro atoms. The Morgan fingerprint density at radius 2 is 1.79 bits per heavy atom. The molecular formula is C19H23N3O2. The van der Waals surface area contributed by atoms with E-state index in [-0.39, 0.29) is 12.1 Å². The number of hydrogen-bond acceptors (Lipinski definition) is 4. The molecule has 0 N–H and O–H groups in total. The fourth-order valence-corrected chi connectivity index (χ4v) is 2.20. The molecule has 5 nitrogen and oxygen atoms in total. The molecule has 0 aliphatic rings. The molecule has 0 fully saturated rings. The molecule has 126 valence electrons. The van der Waals surface area contributed by atoms with Gasteiger partial charge in [0.1, 0.15) is 0 Å². The van der Waals surface area contributed by atoms with Crippen molar-refractivity contribution in [2.75, 3.05) is 0 Å². The van der Waals surface area contributed by atoms with E-state index in [2.05, 4.69) is 10.1 Å². The Bertz CT molecular complexity index is 820. The van der Waals surface area contributed by atoms with Crippen LogP contribution in [0, 0.1) is 6.92 Å². The van der Waals surface area contributed by atoms with E-state index in [9.17, 15) is 4.79 Å². The van der Waals surface area contributed by atoms with Crippen LogP contribution in [-0.4, -0.2) is 26.7 Å². The van der Waals surface area contributed by atoms with Crippen LogP contribution in [0.4, 0.5) is 0 Å². The van der Waals surface area contributed by atoms with Crippen LogP contribution in [0.1, 0.15) is 43.6 Å². The highest BCUT2D eigenvalue weighted by atomic mass is 16.5. The average Bonchev–Trinajstić information content (AvgIpc) is 2.97. The van der Waals surface area contributed by atoms with Crippen molar-refractivity contribution in [1.29, 1.82) is 0 Å². The second kappa shape index (κ2) is 7.73. The molecule has 2 heterocycles. The van der Waals surface area contributed by atoms with Gasteiger partial charge in [-0.3, -0.25) is 0 Å². The number of rotatable bonds is 3. The lowest BCUT2D eigenvalue weighted by Crippen LogP contribution is -2.11. The van der Waals surface area contributed by atoms with E-state index in [1.165, 1.54) is 0 Å². The summed E-state index contributed by atoms with van der Waals surface area (Å²) in [5.41, 5.74) is 4.20. The van der Waals surface area contributed by atoms with Crippen LogP contribution in [0.5, 0.6) is 0 Å². The molecule has 0 saturated carbocycles.